The molecule has 2 aliphatic heterocycles. The van der Waals surface area contributed by atoms with E-state index in [1.165, 1.54) is 0 Å². The summed E-state index contributed by atoms with van der Waals surface area (Å²) < 4.78 is 15.1. The molecule has 0 aliphatic carbocycles. The van der Waals surface area contributed by atoms with Crippen LogP contribution in [0.2, 0.25) is 0 Å². The molecule has 6 N–H and O–H groups in total. The van der Waals surface area contributed by atoms with Crippen LogP contribution in [0.4, 0.5) is 17.1 Å². The molecule has 0 spiro atoms. The van der Waals surface area contributed by atoms with E-state index in [1.807, 2.05) is 89.5 Å². The van der Waals surface area contributed by atoms with E-state index < -0.39 is 6.29 Å². The molecule has 3 heterocycles. The van der Waals surface area contributed by atoms with Gasteiger partial charge >= 0.3 is 5.69 Å². The zero-order valence-corrected chi connectivity index (χ0v) is 30.3. The molecule has 0 bridgehead atoms. The van der Waals surface area contributed by atoms with Gasteiger partial charge in [-0.15, -0.1) is 0 Å². The lowest BCUT2D eigenvalue weighted by molar-refractivity contribution is -0.253. The molecule has 12 nitrogen and oxygen atoms in total. The number of nitrogens with one attached hydrogen (secondary N) is 3. The number of ether oxygens (including phenoxy) is 2. The predicted molar refractivity (Wildman–Crippen MR) is 209 cm³/mol. The first kappa shape index (κ1) is 37.1. The fourth-order valence-corrected chi connectivity index (χ4v) is 7.46. The minimum absolute atomic E-state index is 0.0223. The number of anilines is 3. The minimum atomic E-state index is -0.615. The number of rotatable bonds is 13. The van der Waals surface area contributed by atoms with Crippen molar-refractivity contribution in [1.29, 1.82) is 0 Å². The highest BCUT2D eigenvalue weighted by Crippen LogP contribution is 2.39. The number of nitrogens with two attached hydrogens (primary N) is 1. The van der Waals surface area contributed by atoms with Crippen LogP contribution in [0.25, 0.3) is 11.0 Å². The average molecular weight is 733 g/mol. The molecule has 2 aliphatic rings. The van der Waals surface area contributed by atoms with Crippen molar-refractivity contribution in [1.82, 2.24) is 14.5 Å². The number of carbonyl (C=O) groups excluding carboxylic acids is 2. The number of para-hydroxylation sites is 4. The highest BCUT2D eigenvalue weighted by Gasteiger charge is 2.34. The van der Waals surface area contributed by atoms with Crippen molar-refractivity contribution in [2.24, 2.45) is 0 Å². The van der Waals surface area contributed by atoms with Gasteiger partial charge in [-0.05, 0) is 73.2 Å². The van der Waals surface area contributed by atoms with Gasteiger partial charge in [-0.25, -0.2) is 4.79 Å². The molecule has 7 rings (SSSR count). The summed E-state index contributed by atoms with van der Waals surface area (Å²) in [5, 5.41) is 15.4. The molecule has 282 valence electrons. The zero-order chi connectivity index (χ0) is 37.4. The van der Waals surface area contributed by atoms with Crippen LogP contribution in [0.1, 0.15) is 80.1 Å². The van der Waals surface area contributed by atoms with E-state index in [4.69, 9.17) is 15.2 Å². The second kappa shape index (κ2) is 17.3. The predicted octanol–water partition coefficient (Wildman–Crippen LogP) is 6.42. The number of hydrogen-bond acceptors (Lipinski definition) is 8. The molecule has 1 aromatic heterocycles. The quantitative estimate of drug-likeness (QED) is 0.0684. The molecule has 0 unspecified atom stereocenters. The Hall–Kier alpha value is -5.27. The number of nitrogen functional groups attached to an aromatic ring is 1. The highest BCUT2D eigenvalue weighted by atomic mass is 16.7. The number of aromatic nitrogens is 2. The van der Waals surface area contributed by atoms with E-state index in [1.54, 1.807) is 12.1 Å². The van der Waals surface area contributed by atoms with Crippen molar-refractivity contribution in [3.8, 4) is 0 Å². The normalized spacial score (nSPS) is 19.5. The van der Waals surface area contributed by atoms with Gasteiger partial charge in [-0.1, -0.05) is 60.7 Å². The summed E-state index contributed by atoms with van der Waals surface area (Å²) in [5.41, 5.74) is 12.1. The zero-order valence-electron chi connectivity index (χ0n) is 30.3. The molecule has 2 amide bonds. The summed E-state index contributed by atoms with van der Waals surface area (Å²) >= 11 is 0. The van der Waals surface area contributed by atoms with Crippen LogP contribution in [-0.2, 0) is 25.7 Å². The van der Waals surface area contributed by atoms with Gasteiger partial charge in [0.2, 0.25) is 11.8 Å². The lowest BCUT2D eigenvalue weighted by Gasteiger charge is -2.40. The number of carbonyl (C=O) groups is 2. The Morgan fingerprint density at radius 2 is 1.48 bits per heavy atom. The Kier molecular flexibility index (Phi) is 11.8. The Bertz CT molecular complexity index is 2090. The van der Waals surface area contributed by atoms with E-state index in [2.05, 4.69) is 20.5 Å². The average Bonchev–Trinajstić information content (AvgIpc) is 3.53. The third kappa shape index (κ3) is 9.08. The number of imidazole rings is 1. The van der Waals surface area contributed by atoms with Gasteiger partial charge < -0.3 is 40.8 Å². The van der Waals surface area contributed by atoms with Crippen molar-refractivity contribution in [3.05, 3.63) is 124 Å². The summed E-state index contributed by atoms with van der Waals surface area (Å²) in [7, 11) is 0. The van der Waals surface area contributed by atoms with Crippen LogP contribution >= 0.6 is 0 Å². The third-order valence-electron chi connectivity index (χ3n) is 10.4. The number of piperidine rings is 1. The molecule has 5 aromatic rings. The maximum Gasteiger partial charge on any atom is 0.326 e. The number of likely N-dealkylation sites (tertiary alicyclic amines) is 1. The highest BCUT2D eigenvalue weighted by molar-refractivity contribution is 5.94. The van der Waals surface area contributed by atoms with Crippen molar-refractivity contribution in [3.63, 3.8) is 0 Å². The largest absolute Gasteiger partial charge is 0.397 e. The maximum atomic E-state index is 12.8. The smallest absolute Gasteiger partial charge is 0.326 e. The Morgan fingerprint density at radius 3 is 2.20 bits per heavy atom. The van der Waals surface area contributed by atoms with Crippen molar-refractivity contribution in [2.45, 2.75) is 76.1 Å². The number of nitrogens with zero attached hydrogens (tertiary/aromatic N) is 2. The van der Waals surface area contributed by atoms with Crippen LogP contribution in [0.5, 0.6) is 0 Å². The molecule has 2 saturated heterocycles. The number of hydrogen-bond donors (Lipinski definition) is 5. The number of fused-ring (bicyclic) bond motifs is 1. The summed E-state index contributed by atoms with van der Waals surface area (Å²) in [6.45, 7) is 2.41. The lowest BCUT2D eigenvalue weighted by atomic mass is 9.98. The molecule has 3 atom stereocenters. The summed E-state index contributed by atoms with van der Waals surface area (Å²) in [6, 6.07) is 30.5. The van der Waals surface area contributed by atoms with Crippen molar-refractivity contribution in [2.75, 3.05) is 36.0 Å². The molecule has 54 heavy (non-hydrogen) atoms. The van der Waals surface area contributed by atoms with Crippen LogP contribution in [0.15, 0.2) is 102 Å². The second-order valence-electron chi connectivity index (χ2n) is 14.2. The van der Waals surface area contributed by atoms with Gasteiger partial charge in [-0.2, -0.15) is 0 Å². The number of aromatic amines is 1. The Morgan fingerprint density at radius 1 is 0.815 bits per heavy atom. The van der Waals surface area contributed by atoms with E-state index >= 15 is 0 Å². The summed E-state index contributed by atoms with van der Waals surface area (Å²) in [4.78, 5) is 43.2. The number of unbranched alkanes of at least 4 members (excludes halogenated alkanes) is 1. The van der Waals surface area contributed by atoms with Gasteiger partial charge in [-0.3, -0.25) is 14.2 Å². The third-order valence-corrected chi connectivity index (χ3v) is 10.4. The number of benzene rings is 4. The second-order valence-corrected chi connectivity index (χ2v) is 14.2. The first-order valence-electron chi connectivity index (χ1n) is 18.8. The fraction of sp³-hybridized carbons (Fsp3) is 0.357. The van der Waals surface area contributed by atoms with Gasteiger partial charge in [0.25, 0.3) is 0 Å². The van der Waals surface area contributed by atoms with E-state index in [9.17, 15) is 19.5 Å². The maximum absolute atomic E-state index is 12.8. The molecule has 0 saturated carbocycles. The monoisotopic (exact) mass is 732 g/mol. The summed E-state index contributed by atoms with van der Waals surface area (Å²) in [6.07, 6.45) is 3.23. The standard InChI is InChI=1S/C42H48N6O6/c43-34-7-1-2-8-35(34)45-40(51)12-6-5-11-39(50)44-31-19-17-30(18-20-31)41-53-33(25-38(54-41)29-15-13-28(27-49)14-16-29)26-47-23-21-32(22-24-47)48-37-10-4-3-9-36(37)46-42(48)52/h1-4,7-10,13-20,32-33,38,41,49H,5-6,11-12,21-27,43H2,(H,44,50)(H,45,51)(H,46,52)/t33-,38+,41+/m1/s1. The van der Waals surface area contributed by atoms with Gasteiger partial charge in [0.1, 0.15) is 0 Å². The molecule has 4 aromatic carbocycles. The van der Waals surface area contributed by atoms with Gasteiger partial charge in [0.15, 0.2) is 6.29 Å². The SMILES string of the molecule is Nc1ccccc1NC(=O)CCCCC(=O)Nc1ccc([C@H]2O[C@@H](CN3CCC(n4c(=O)[nH]c5ccccc54)CC3)C[C@@H](c3ccc(CO)cc3)O2)cc1. The van der Waals surface area contributed by atoms with Crippen molar-refractivity contribution < 1.29 is 24.2 Å². The Balaban J connectivity index is 0.937. The van der Waals surface area contributed by atoms with Crippen LogP contribution in [-0.4, -0.2) is 57.1 Å². The molecule has 12 heteroatoms. The molecule has 2 fully saturated rings. The van der Waals surface area contributed by atoms with Gasteiger partial charge in [0, 0.05) is 56.2 Å². The number of aliphatic hydroxyl groups excluding tert-OH is 1. The van der Waals surface area contributed by atoms with Crippen LogP contribution in [0, 0.1) is 0 Å². The van der Waals surface area contributed by atoms with E-state index in [-0.39, 0.29) is 42.4 Å². The number of aliphatic hydroxyl groups is 1. The van der Waals surface area contributed by atoms with Crippen LogP contribution in [0.3, 0.4) is 0 Å². The topological polar surface area (TPSA) is 164 Å². The number of H-pyrrole nitrogens is 1. The first-order chi connectivity index (χ1) is 26.3. The fourth-order valence-electron chi connectivity index (χ4n) is 7.46. The van der Waals surface area contributed by atoms with Gasteiger partial charge in [0.05, 0.1) is 41.2 Å². The molecular formula is C42H48N6O6. The van der Waals surface area contributed by atoms with Crippen molar-refractivity contribution >= 4 is 39.9 Å². The number of amides is 2. The molecular weight excluding hydrogens is 684 g/mol. The first-order valence-corrected chi connectivity index (χ1v) is 18.8. The lowest BCUT2D eigenvalue weighted by Crippen LogP contribution is -2.43. The van der Waals surface area contributed by atoms with E-state index in [0.717, 1.165) is 60.2 Å². The van der Waals surface area contributed by atoms with E-state index in [0.29, 0.717) is 49.2 Å². The Labute approximate surface area is 314 Å². The van der Waals surface area contributed by atoms with Crippen LogP contribution < -0.4 is 22.1 Å². The minimum Gasteiger partial charge on any atom is -0.397 e. The summed E-state index contributed by atoms with van der Waals surface area (Å²) in [5.74, 6) is -0.253. The molecule has 0 radical (unpaired) electrons.